The Balaban J connectivity index is 2.82. The topological polar surface area (TPSA) is 125 Å². The first-order chi connectivity index (χ1) is 7.11. The summed E-state index contributed by atoms with van der Waals surface area (Å²) < 4.78 is 4.33. The van der Waals surface area contributed by atoms with E-state index in [1.54, 1.807) is 0 Å². The number of nitrogens with two attached hydrogens (primary N) is 1. The van der Waals surface area contributed by atoms with Crippen molar-refractivity contribution in [3.63, 3.8) is 0 Å². The lowest BCUT2D eigenvalue weighted by atomic mass is 10.1. The Morgan fingerprint density at radius 3 is 2.67 bits per heavy atom. The molecule has 0 fully saturated rings. The van der Waals surface area contributed by atoms with Gasteiger partial charge < -0.3 is 5.73 Å². The van der Waals surface area contributed by atoms with Crippen LogP contribution in [-0.4, -0.2) is 21.1 Å². The van der Waals surface area contributed by atoms with Crippen LogP contribution in [0.4, 0.5) is 5.69 Å². The van der Waals surface area contributed by atoms with Crippen molar-refractivity contribution in [1.29, 1.82) is 0 Å². The number of amides is 1. The number of nitro groups is 1. The number of fused-ring (bicyclic) bond motifs is 1. The summed E-state index contributed by atoms with van der Waals surface area (Å²) in [6, 6.07) is 2.35. The first kappa shape index (κ1) is 9.06. The molecule has 2 N–H and O–H groups in total. The van der Waals surface area contributed by atoms with E-state index in [4.69, 9.17) is 5.73 Å². The number of nitro benzene ring substituents is 1. The predicted octanol–water partition coefficient (Wildman–Crippen LogP) is 0.230. The Morgan fingerprint density at radius 2 is 2.07 bits per heavy atom. The van der Waals surface area contributed by atoms with Crippen LogP contribution in [0.3, 0.4) is 0 Å². The van der Waals surface area contributed by atoms with Crippen LogP contribution < -0.4 is 5.73 Å². The molecule has 0 unspecified atom stereocenters. The number of aromatic nitrogens is 2. The van der Waals surface area contributed by atoms with Gasteiger partial charge in [-0.05, 0) is 16.4 Å². The number of rotatable bonds is 2. The summed E-state index contributed by atoms with van der Waals surface area (Å²) in [5.74, 6) is -0.745. The van der Waals surface area contributed by atoms with Crippen molar-refractivity contribution >= 4 is 22.6 Å². The molecule has 2 aromatic rings. The Bertz CT molecular complexity index is 513. The fourth-order valence-corrected chi connectivity index (χ4v) is 1.20. The van der Waals surface area contributed by atoms with Crippen LogP contribution in [0, 0.1) is 10.1 Å². The fraction of sp³-hybridized carbons (Fsp3) is 0. The molecule has 1 heterocycles. The summed E-state index contributed by atoms with van der Waals surface area (Å²) in [5, 5.41) is 17.3. The zero-order valence-corrected chi connectivity index (χ0v) is 7.21. The van der Waals surface area contributed by atoms with Crippen molar-refractivity contribution in [2.45, 2.75) is 0 Å². The fourth-order valence-electron chi connectivity index (χ4n) is 1.20. The van der Waals surface area contributed by atoms with Crippen LogP contribution in [0.5, 0.6) is 0 Å². The summed E-state index contributed by atoms with van der Waals surface area (Å²) in [6.45, 7) is 0. The molecule has 2 rings (SSSR count). The maximum absolute atomic E-state index is 10.9. The SMILES string of the molecule is NC(=O)c1ccc([N+](=O)[O-])c2nonc12. The molecule has 0 radical (unpaired) electrons. The molecule has 1 aromatic heterocycles. The quantitative estimate of drug-likeness (QED) is 0.556. The van der Waals surface area contributed by atoms with Crippen LogP contribution >= 0.6 is 0 Å². The lowest BCUT2D eigenvalue weighted by Crippen LogP contribution is -2.11. The average molecular weight is 208 g/mol. The highest BCUT2D eigenvalue weighted by atomic mass is 16.6. The second-order valence-electron chi connectivity index (χ2n) is 2.72. The summed E-state index contributed by atoms with van der Waals surface area (Å²) in [7, 11) is 0. The van der Waals surface area contributed by atoms with Crippen molar-refractivity contribution in [2.24, 2.45) is 5.73 Å². The summed E-state index contributed by atoms with van der Waals surface area (Å²) in [6.07, 6.45) is 0. The lowest BCUT2D eigenvalue weighted by Gasteiger charge is -1.95. The Hall–Kier alpha value is -2.51. The van der Waals surface area contributed by atoms with Gasteiger partial charge in [0.2, 0.25) is 5.52 Å². The largest absolute Gasteiger partial charge is 0.366 e. The average Bonchev–Trinajstić information content (AvgIpc) is 2.63. The van der Waals surface area contributed by atoms with E-state index in [-0.39, 0.29) is 22.3 Å². The van der Waals surface area contributed by atoms with E-state index in [1.165, 1.54) is 6.07 Å². The first-order valence-electron chi connectivity index (χ1n) is 3.80. The molecular formula is C7H4N4O4. The molecular weight excluding hydrogens is 204 g/mol. The van der Waals surface area contributed by atoms with Crippen molar-refractivity contribution < 1.29 is 14.3 Å². The monoisotopic (exact) mass is 208 g/mol. The third-order valence-corrected chi connectivity index (χ3v) is 1.86. The molecule has 0 aliphatic carbocycles. The minimum Gasteiger partial charge on any atom is -0.366 e. The van der Waals surface area contributed by atoms with Gasteiger partial charge in [-0.2, -0.15) is 0 Å². The van der Waals surface area contributed by atoms with Crippen LogP contribution in [0.15, 0.2) is 16.8 Å². The molecule has 1 aromatic carbocycles. The normalized spacial score (nSPS) is 10.4. The summed E-state index contributed by atoms with van der Waals surface area (Å²) >= 11 is 0. The lowest BCUT2D eigenvalue weighted by molar-refractivity contribution is -0.383. The molecule has 0 aliphatic heterocycles. The number of carbonyl (C=O) groups is 1. The van der Waals surface area contributed by atoms with Gasteiger partial charge >= 0.3 is 5.69 Å². The second kappa shape index (κ2) is 3.01. The van der Waals surface area contributed by atoms with Crippen molar-refractivity contribution in [3.05, 3.63) is 27.8 Å². The molecule has 0 bridgehead atoms. The van der Waals surface area contributed by atoms with E-state index in [9.17, 15) is 14.9 Å². The molecule has 1 amide bonds. The second-order valence-corrected chi connectivity index (χ2v) is 2.72. The molecule has 8 nitrogen and oxygen atoms in total. The van der Waals surface area contributed by atoms with Crippen molar-refractivity contribution in [2.75, 3.05) is 0 Å². The third-order valence-electron chi connectivity index (χ3n) is 1.86. The van der Waals surface area contributed by atoms with Gasteiger partial charge in [0.05, 0.1) is 10.5 Å². The number of non-ortho nitro benzene ring substituents is 1. The van der Waals surface area contributed by atoms with Crippen LogP contribution in [0.25, 0.3) is 11.0 Å². The first-order valence-corrected chi connectivity index (χ1v) is 3.80. The van der Waals surface area contributed by atoms with Crippen molar-refractivity contribution in [1.82, 2.24) is 10.3 Å². The third kappa shape index (κ3) is 1.27. The highest BCUT2D eigenvalue weighted by Gasteiger charge is 2.21. The Morgan fingerprint density at radius 1 is 1.40 bits per heavy atom. The number of hydrogen-bond donors (Lipinski definition) is 1. The maximum atomic E-state index is 10.9. The Kier molecular flexibility index (Phi) is 1.82. The van der Waals surface area contributed by atoms with Crippen LogP contribution in [0.2, 0.25) is 0 Å². The number of carbonyl (C=O) groups excluding carboxylic acids is 1. The molecule has 0 saturated heterocycles. The standard InChI is InChI=1S/C7H4N4O4/c8-7(12)3-1-2-4(11(13)14)6-5(3)9-15-10-6/h1-2H,(H2,8,12). The minimum absolute atomic E-state index is 0.00306. The van der Waals surface area contributed by atoms with Gasteiger partial charge in [0.15, 0.2) is 5.52 Å². The van der Waals surface area contributed by atoms with Crippen LogP contribution in [0.1, 0.15) is 10.4 Å². The number of hydrogen-bond acceptors (Lipinski definition) is 6. The van der Waals surface area contributed by atoms with Gasteiger partial charge in [-0.3, -0.25) is 14.9 Å². The van der Waals surface area contributed by atoms with E-state index in [1.807, 2.05) is 0 Å². The van der Waals surface area contributed by atoms with Crippen LogP contribution in [-0.2, 0) is 0 Å². The highest BCUT2D eigenvalue weighted by molar-refractivity contribution is 6.05. The van der Waals surface area contributed by atoms with Gasteiger partial charge in [-0.25, -0.2) is 4.63 Å². The molecule has 76 valence electrons. The zero-order chi connectivity index (χ0) is 11.0. The highest BCUT2D eigenvalue weighted by Crippen LogP contribution is 2.24. The van der Waals surface area contributed by atoms with Gasteiger partial charge in [-0.1, -0.05) is 0 Å². The molecule has 15 heavy (non-hydrogen) atoms. The Labute approximate surface area is 81.8 Å². The van der Waals surface area contributed by atoms with Gasteiger partial charge in [0.25, 0.3) is 5.91 Å². The number of nitrogens with zero attached hydrogens (tertiary/aromatic N) is 3. The predicted molar refractivity (Wildman–Crippen MR) is 47.0 cm³/mol. The van der Waals surface area contributed by atoms with E-state index >= 15 is 0 Å². The minimum atomic E-state index is -0.745. The number of benzene rings is 1. The maximum Gasteiger partial charge on any atom is 0.300 e. The molecule has 0 saturated carbocycles. The van der Waals surface area contributed by atoms with Gasteiger partial charge in [0.1, 0.15) is 0 Å². The molecule has 0 spiro atoms. The smallest absolute Gasteiger partial charge is 0.300 e. The zero-order valence-electron chi connectivity index (χ0n) is 7.21. The summed E-state index contributed by atoms with van der Waals surface area (Å²) in [5.41, 5.74) is 4.71. The summed E-state index contributed by atoms with van der Waals surface area (Å²) in [4.78, 5) is 20.9. The van der Waals surface area contributed by atoms with E-state index in [0.717, 1.165) is 6.07 Å². The molecule has 0 aliphatic rings. The number of primary amides is 1. The van der Waals surface area contributed by atoms with E-state index in [2.05, 4.69) is 14.9 Å². The molecule has 8 heteroatoms. The van der Waals surface area contributed by atoms with E-state index in [0.29, 0.717) is 0 Å². The van der Waals surface area contributed by atoms with Crippen molar-refractivity contribution in [3.8, 4) is 0 Å². The van der Waals surface area contributed by atoms with E-state index < -0.39 is 10.8 Å². The molecule has 0 atom stereocenters. The van der Waals surface area contributed by atoms with Gasteiger partial charge in [-0.15, -0.1) is 0 Å². The van der Waals surface area contributed by atoms with Gasteiger partial charge in [0, 0.05) is 6.07 Å².